The average molecular weight is 398 g/mol. The summed E-state index contributed by atoms with van der Waals surface area (Å²) in [5.41, 5.74) is 6.30. The van der Waals surface area contributed by atoms with Gasteiger partial charge in [-0.2, -0.15) is 0 Å². The molecule has 0 saturated heterocycles. The second kappa shape index (κ2) is 10.2. The minimum atomic E-state index is -4.75. The molecule has 1 atom stereocenters. The van der Waals surface area contributed by atoms with Crippen molar-refractivity contribution in [3.05, 3.63) is 29.8 Å². The van der Waals surface area contributed by atoms with Gasteiger partial charge in [0.25, 0.3) is 0 Å². The molecule has 0 spiro atoms. The Kier molecular flexibility index (Phi) is 9.44. The fourth-order valence-electron chi connectivity index (χ4n) is 1.88. The van der Waals surface area contributed by atoms with Crippen LogP contribution in [-0.2, 0) is 16.1 Å². The van der Waals surface area contributed by atoms with E-state index in [1.165, 1.54) is 36.2 Å². The lowest BCUT2D eigenvalue weighted by molar-refractivity contribution is -0.274. The van der Waals surface area contributed by atoms with Gasteiger partial charge in [-0.15, -0.1) is 25.6 Å². The Hall–Kier alpha value is -2.00. The number of likely N-dealkylation sites (N-methyl/N-ethyl adjacent to an activating group) is 1. The standard InChI is InChI=1S/C16H22F3N3O3.ClH/c1-10(2)14(20)15(24)21-8-13(23)22(3)9-11-4-6-12(7-5-11)25-16(17,18)19;/h4-7,10,14H,8-9,20H2,1-3H3,(H,21,24);1H/t14-;/m0./s1. The molecule has 0 saturated carbocycles. The number of hydrogen-bond donors (Lipinski definition) is 2. The van der Waals surface area contributed by atoms with Gasteiger partial charge >= 0.3 is 6.36 Å². The summed E-state index contributed by atoms with van der Waals surface area (Å²) in [6.45, 7) is 3.57. The van der Waals surface area contributed by atoms with Crippen molar-refractivity contribution < 1.29 is 27.5 Å². The Bertz CT molecular complexity index is 595. The monoisotopic (exact) mass is 397 g/mol. The van der Waals surface area contributed by atoms with Crippen LogP contribution in [0.15, 0.2) is 24.3 Å². The van der Waals surface area contributed by atoms with Crippen molar-refractivity contribution in [2.45, 2.75) is 32.8 Å². The van der Waals surface area contributed by atoms with Crippen LogP contribution >= 0.6 is 12.4 Å². The van der Waals surface area contributed by atoms with Gasteiger partial charge in [-0.3, -0.25) is 9.59 Å². The number of hydrogen-bond acceptors (Lipinski definition) is 4. The number of alkyl halides is 3. The van der Waals surface area contributed by atoms with Crippen molar-refractivity contribution in [3.8, 4) is 5.75 Å². The molecule has 0 heterocycles. The van der Waals surface area contributed by atoms with Crippen LogP contribution in [0.5, 0.6) is 5.75 Å². The van der Waals surface area contributed by atoms with Crippen LogP contribution in [0.2, 0.25) is 0 Å². The average Bonchev–Trinajstić information content (AvgIpc) is 2.51. The fourth-order valence-corrected chi connectivity index (χ4v) is 1.88. The van der Waals surface area contributed by atoms with E-state index >= 15 is 0 Å². The van der Waals surface area contributed by atoms with Crippen molar-refractivity contribution in [1.29, 1.82) is 0 Å². The number of rotatable bonds is 7. The lowest BCUT2D eigenvalue weighted by Crippen LogP contribution is -2.47. The number of amides is 2. The number of nitrogens with zero attached hydrogens (tertiary/aromatic N) is 1. The first kappa shape index (κ1) is 24.0. The van der Waals surface area contributed by atoms with Gasteiger partial charge in [-0.05, 0) is 23.6 Å². The molecule has 2 amide bonds. The van der Waals surface area contributed by atoms with E-state index in [-0.39, 0.29) is 43.1 Å². The summed E-state index contributed by atoms with van der Waals surface area (Å²) < 4.78 is 40.1. The molecule has 0 bridgehead atoms. The summed E-state index contributed by atoms with van der Waals surface area (Å²) in [6.07, 6.45) is -4.75. The Balaban J connectivity index is 0.00000625. The van der Waals surface area contributed by atoms with E-state index < -0.39 is 18.3 Å². The number of nitrogens with one attached hydrogen (secondary N) is 1. The summed E-state index contributed by atoms with van der Waals surface area (Å²) in [5.74, 6) is -1.14. The molecule has 0 aliphatic heterocycles. The third-order valence-electron chi connectivity index (χ3n) is 3.44. The van der Waals surface area contributed by atoms with E-state index in [1.807, 2.05) is 0 Å². The summed E-state index contributed by atoms with van der Waals surface area (Å²) in [5, 5.41) is 2.46. The largest absolute Gasteiger partial charge is 0.573 e. The third kappa shape index (κ3) is 8.39. The molecule has 148 valence electrons. The van der Waals surface area contributed by atoms with Crippen LogP contribution < -0.4 is 15.8 Å². The summed E-state index contributed by atoms with van der Waals surface area (Å²) in [7, 11) is 1.52. The lowest BCUT2D eigenvalue weighted by Gasteiger charge is -2.19. The predicted molar refractivity (Wildman–Crippen MR) is 92.7 cm³/mol. The van der Waals surface area contributed by atoms with Crippen molar-refractivity contribution >= 4 is 24.2 Å². The second-order valence-electron chi connectivity index (χ2n) is 5.93. The maximum atomic E-state index is 12.1. The van der Waals surface area contributed by atoms with Crippen LogP contribution in [0.4, 0.5) is 13.2 Å². The van der Waals surface area contributed by atoms with Gasteiger partial charge in [0.15, 0.2) is 0 Å². The van der Waals surface area contributed by atoms with Crippen molar-refractivity contribution in [2.24, 2.45) is 11.7 Å². The SMILES string of the molecule is CC(C)[C@H](N)C(=O)NCC(=O)N(C)Cc1ccc(OC(F)(F)F)cc1.Cl. The zero-order valence-electron chi connectivity index (χ0n) is 14.7. The summed E-state index contributed by atoms with van der Waals surface area (Å²) in [6, 6.07) is 4.50. The van der Waals surface area contributed by atoms with Crippen LogP contribution in [-0.4, -0.2) is 42.7 Å². The van der Waals surface area contributed by atoms with Crippen LogP contribution in [0.3, 0.4) is 0 Å². The Morgan fingerprint density at radius 2 is 1.77 bits per heavy atom. The number of ether oxygens (including phenoxy) is 1. The Labute approximate surface area is 156 Å². The van der Waals surface area contributed by atoms with Crippen LogP contribution in [0, 0.1) is 5.92 Å². The molecular weight excluding hydrogens is 375 g/mol. The molecule has 0 aliphatic rings. The highest BCUT2D eigenvalue weighted by atomic mass is 35.5. The molecule has 0 unspecified atom stereocenters. The van der Waals surface area contributed by atoms with Crippen molar-refractivity contribution in [3.63, 3.8) is 0 Å². The van der Waals surface area contributed by atoms with Gasteiger partial charge in [-0.25, -0.2) is 0 Å². The van der Waals surface area contributed by atoms with E-state index in [9.17, 15) is 22.8 Å². The molecule has 26 heavy (non-hydrogen) atoms. The normalized spacial score (nSPS) is 12.2. The molecule has 0 aliphatic carbocycles. The molecule has 1 rings (SSSR count). The molecule has 10 heteroatoms. The van der Waals surface area contributed by atoms with Crippen molar-refractivity contribution in [2.75, 3.05) is 13.6 Å². The first-order valence-electron chi connectivity index (χ1n) is 7.61. The smallest absolute Gasteiger partial charge is 0.406 e. The number of nitrogens with two attached hydrogens (primary N) is 1. The van der Waals surface area contributed by atoms with E-state index in [2.05, 4.69) is 10.1 Å². The highest BCUT2D eigenvalue weighted by Crippen LogP contribution is 2.22. The van der Waals surface area contributed by atoms with Gasteiger partial charge in [0.1, 0.15) is 5.75 Å². The minimum absolute atomic E-state index is 0. The fraction of sp³-hybridized carbons (Fsp3) is 0.500. The van der Waals surface area contributed by atoms with Crippen molar-refractivity contribution in [1.82, 2.24) is 10.2 Å². The molecule has 1 aromatic carbocycles. The quantitative estimate of drug-likeness (QED) is 0.737. The summed E-state index contributed by atoms with van der Waals surface area (Å²) in [4.78, 5) is 25.1. The van der Waals surface area contributed by atoms with Crippen LogP contribution in [0.1, 0.15) is 19.4 Å². The second-order valence-corrected chi connectivity index (χ2v) is 5.93. The van der Waals surface area contributed by atoms with E-state index in [1.54, 1.807) is 13.8 Å². The topological polar surface area (TPSA) is 84.7 Å². The molecule has 3 N–H and O–H groups in total. The van der Waals surface area contributed by atoms with Gasteiger partial charge in [0.05, 0.1) is 12.6 Å². The molecule has 1 aromatic rings. The first-order chi connectivity index (χ1) is 11.5. The molecule has 0 fully saturated rings. The van der Waals surface area contributed by atoms with Gasteiger partial charge in [0, 0.05) is 13.6 Å². The molecule has 0 aromatic heterocycles. The van der Waals surface area contributed by atoms with Crippen LogP contribution in [0.25, 0.3) is 0 Å². The van der Waals surface area contributed by atoms with Gasteiger partial charge in [0.2, 0.25) is 11.8 Å². The molecule has 6 nitrogen and oxygen atoms in total. The van der Waals surface area contributed by atoms with E-state index in [0.717, 1.165) is 0 Å². The molecular formula is C16H23ClF3N3O3. The number of halogens is 4. The molecule has 0 radical (unpaired) electrons. The number of carbonyl (C=O) groups excluding carboxylic acids is 2. The minimum Gasteiger partial charge on any atom is -0.406 e. The number of benzene rings is 1. The maximum Gasteiger partial charge on any atom is 0.573 e. The highest BCUT2D eigenvalue weighted by Gasteiger charge is 2.31. The van der Waals surface area contributed by atoms with Gasteiger partial charge in [-0.1, -0.05) is 26.0 Å². The Morgan fingerprint density at radius 3 is 2.23 bits per heavy atom. The lowest BCUT2D eigenvalue weighted by atomic mass is 10.1. The zero-order chi connectivity index (χ0) is 19.2. The predicted octanol–water partition coefficient (Wildman–Crippen LogP) is 2.06. The van der Waals surface area contributed by atoms with E-state index in [0.29, 0.717) is 5.56 Å². The third-order valence-corrected chi connectivity index (χ3v) is 3.44. The maximum absolute atomic E-state index is 12.1. The van der Waals surface area contributed by atoms with E-state index in [4.69, 9.17) is 5.73 Å². The van der Waals surface area contributed by atoms with Gasteiger partial charge < -0.3 is 20.7 Å². The first-order valence-corrected chi connectivity index (χ1v) is 7.61. The number of carbonyl (C=O) groups is 2. The Morgan fingerprint density at radius 1 is 1.23 bits per heavy atom. The highest BCUT2D eigenvalue weighted by molar-refractivity contribution is 5.87. The zero-order valence-corrected chi connectivity index (χ0v) is 15.5. The summed E-state index contributed by atoms with van der Waals surface area (Å²) >= 11 is 0.